The first kappa shape index (κ1) is 22.4. The molecule has 0 N–H and O–H groups in total. The molecule has 4 rings (SSSR count). The van der Waals surface area contributed by atoms with E-state index < -0.39 is 17.8 Å². The van der Waals surface area contributed by atoms with Crippen molar-refractivity contribution in [1.82, 2.24) is 19.9 Å². The molecular formula is C22H17F5N4O2. The van der Waals surface area contributed by atoms with Crippen molar-refractivity contribution in [2.75, 3.05) is 0 Å². The van der Waals surface area contributed by atoms with Gasteiger partial charge < -0.3 is 9.26 Å². The highest BCUT2D eigenvalue weighted by atomic mass is 19.4. The van der Waals surface area contributed by atoms with Gasteiger partial charge in [0, 0.05) is 18.2 Å². The largest absolute Gasteiger partial charge is 0.433 e. The van der Waals surface area contributed by atoms with Crippen LogP contribution in [0.3, 0.4) is 0 Å². The van der Waals surface area contributed by atoms with Gasteiger partial charge in [-0.3, -0.25) is 4.68 Å². The Hall–Kier alpha value is -3.76. The van der Waals surface area contributed by atoms with Crippen molar-refractivity contribution in [3.05, 3.63) is 71.4 Å². The fraction of sp³-hybridized carbons (Fsp3) is 0.227. The third kappa shape index (κ3) is 5.36. The summed E-state index contributed by atoms with van der Waals surface area (Å²) >= 11 is 0. The van der Waals surface area contributed by atoms with Crippen LogP contribution in [0.15, 0.2) is 59.1 Å². The van der Waals surface area contributed by atoms with E-state index in [-0.39, 0.29) is 24.0 Å². The standard InChI is InChI=1S/C22H17F5N4O2/c1-13-11-18(29-31(13)12-14-3-7-16(8-4-14)22(25,26)27)20-28-19(30-33-20)15-5-9-17(10-6-15)32-21(2,23)24/h3-11H,12H2,1-2H3. The fourth-order valence-electron chi connectivity index (χ4n) is 3.07. The molecule has 0 saturated heterocycles. The average molecular weight is 464 g/mol. The molecule has 0 spiro atoms. The van der Waals surface area contributed by atoms with Gasteiger partial charge in [0.25, 0.3) is 5.89 Å². The zero-order chi connectivity index (χ0) is 23.8. The molecule has 2 aromatic heterocycles. The predicted molar refractivity (Wildman–Crippen MR) is 107 cm³/mol. The van der Waals surface area contributed by atoms with Crippen molar-refractivity contribution in [1.29, 1.82) is 0 Å². The summed E-state index contributed by atoms with van der Waals surface area (Å²) in [4.78, 5) is 4.29. The van der Waals surface area contributed by atoms with Crippen LogP contribution in [-0.4, -0.2) is 26.0 Å². The van der Waals surface area contributed by atoms with E-state index in [4.69, 9.17) is 4.52 Å². The van der Waals surface area contributed by atoms with E-state index >= 15 is 0 Å². The second kappa shape index (κ2) is 8.30. The molecule has 0 radical (unpaired) electrons. The predicted octanol–water partition coefficient (Wildman–Crippen LogP) is 5.97. The van der Waals surface area contributed by atoms with E-state index in [0.29, 0.717) is 23.7 Å². The van der Waals surface area contributed by atoms with Gasteiger partial charge in [-0.05, 0) is 55.0 Å². The molecule has 4 aromatic rings. The van der Waals surface area contributed by atoms with Gasteiger partial charge in [-0.1, -0.05) is 17.3 Å². The summed E-state index contributed by atoms with van der Waals surface area (Å²) in [5.74, 6) is 0.363. The first-order chi connectivity index (χ1) is 15.5. The van der Waals surface area contributed by atoms with E-state index in [1.807, 2.05) is 0 Å². The highest BCUT2D eigenvalue weighted by molar-refractivity contribution is 5.59. The lowest BCUT2D eigenvalue weighted by molar-refractivity contribution is -0.159. The first-order valence-corrected chi connectivity index (χ1v) is 9.70. The zero-order valence-corrected chi connectivity index (χ0v) is 17.4. The van der Waals surface area contributed by atoms with Gasteiger partial charge in [-0.2, -0.15) is 32.0 Å². The Bertz CT molecular complexity index is 1240. The van der Waals surface area contributed by atoms with Crippen molar-refractivity contribution in [2.24, 2.45) is 0 Å². The minimum absolute atomic E-state index is 0.00685. The number of alkyl halides is 5. The smallest absolute Gasteiger partial charge is 0.416 e. The highest BCUT2D eigenvalue weighted by Gasteiger charge is 2.30. The molecule has 2 aromatic carbocycles. The lowest BCUT2D eigenvalue weighted by atomic mass is 10.1. The molecule has 0 aliphatic rings. The summed E-state index contributed by atoms with van der Waals surface area (Å²) in [6.07, 6.45) is -7.69. The second-order valence-electron chi connectivity index (χ2n) is 7.38. The molecule has 0 aliphatic carbocycles. The molecule has 6 nitrogen and oxygen atoms in total. The minimum atomic E-state index is -4.39. The van der Waals surface area contributed by atoms with E-state index in [0.717, 1.165) is 17.8 Å². The molecule has 172 valence electrons. The number of aryl methyl sites for hydroxylation is 1. The number of hydrogen-bond acceptors (Lipinski definition) is 5. The normalized spacial score (nSPS) is 12.2. The number of nitrogens with zero attached hydrogens (tertiary/aromatic N) is 4. The fourth-order valence-corrected chi connectivity index (χ4v) is 3.07. The van der Waals surface area contributed by atoms with Crippen LogP contribution >= 0.6 is 0 Å². The van der Waals surface area contributed by atoms with Gasteiger partial charge in [0.15, 0.2) is 5.69 Å². The van der Waals surface area contributed by atoms with Gasteiger partial charge >= 0.3 is 12.3 Å². The Kier molecular flexibility index (Phi) is 5.64. The Morgan fingerprint density at radius 1 is 0.970 bits per heavy atom. The Morgan fingerprint density at radius 2 is 1.64 bits per heavy atom. The topological polar surface area (TPSA) is 66.0 Å². The quantitative estimate of drug-likeness (QED) is 0.329. The summed E-state index contributed by atoms with van der Waals surface area (Å²) in [7, 11) is 0. The van der Waals surface area contributed by atoms with Crippen LogP contribution in [-0.2, 0) is 12.7 Å². The zero-order valence-electron chi connectivity index (χ0n) is 17.4. The number of hydrogen-bond donors (Lipinski definition) is 0. The van der Waals surface area contributed by atoms with E-state index in [2.05, 4.69) is 20.0 Å². The number of rotatable bonds is 6. The molecule has 0 saturated carbocycles. The lowest BCUT2D eigenvalue weighted by Crippen LogP contribution is -2.18. The summed E-state index contributed by atoms with van der Waals surface area (Å²) in [5.41, 5.74) is 1.59. The van der Waals surface area contributed by atoms with Gasteiger partial charge in [0.1, 0.15) is 5.75 Å². The van der Waals surface area contributed by atoms with Crippen LogP contribution in [0.25, 0.3) is 23.0 Å². The molecule has 33 heavy (non-hydrogen) atoms. The van der Waals surface area contributed by atoms with Gasteiger partial charge in [0.2, 0.25) is 5.82 Å². The molecule has 0 atom stereocenters. The molecule has 0 unspecified atom stereocenters. The summed E-state index contributed by atoms with van der Waals surface area (Å²) in [5, 5.41) is 8.29. The number of ether oxygens (including phenoxy) is 1. The molecule has 0 bridgehead atoms. The van der Waals surface area contributed by atoms with Crippen LogP contribution in [0, 0.1) is 6.92 Å². The minimum Gasteiger partial charge on any atom is -0.433 e. The summed E-state index contributed by atoms with van der Waals surface area (Å²) < 4.78 is 75.5. The molecule has 2 heterocycles. The monoisotopic (exact) mass is 464 g/mol. The molecule has 0 aliphatic heterocycles. The summed E-state index contributed by atoms with van der Waals surface area (Å²) in [6.45, 7) is 2.69. The van der Waals surface area contributed by atoms with Crippen LogP contribution in [0.2, 0.25) is 0 Å². The van der Waals surface area contributed by atoms with Gasteiger partial charge in [-0.15, -0.1) is 0 Å². The van der Waals surface area contributed by atoms with E-state index in [1.54, 1.807) is 17.7 Å². The lowest BCUT2D eigenvalue weighted by Gasteiger charge is -2.12. The average Bonchev–Trinajstić information content (AvgIpc) is 3.35. The van der Waals surface area contributed by atoms with Crippen molar-refractivity contribution >= 4 is 0 Å². The Labute approximate surface area is 184 Å². The third-order valence-electron chi connectivity index (χ3n) is 4.65. The molecular weight excluding hydrogens is 447 g/mol. The van der Waals surface area contributed by atoms with Gasteiger partial charge in [-0.25, -0.2) is 0 Å². The number of halogens is 5. The van der Waals surface area contributed by atoms with Crippen LogP contribution in [0.1, 0.15) is 23.7 Å². The van der Waals surface area contributed by atoms with Crippen molar-refractivity contribution in [3.63, 3.8) is 0 Å². The summed E-state index contributed by atoms with van der Waals surface area (Å²) in [6, 6.07) is 12.3. The second-order valence-corrected chi connectivity index (χ2v) is 7.38. The van der Waals surface area contributed by atoms with Crippen molar-refractivity contribution in [2.45, 2.75) is 32.7 Å². The van der Waals surface area contributed by atoms with Crippen molar-refractivity contribution in [3.8, 4) is 28.7 Å². The molecule has 0 amide bonds. The van der Waals surface area contributed by atoms with E-state index in [9.17, 15) is 22.0 Å². The van der Waals surface area contributed by atoms with Crippen LogP contribution in [0.5, 0.6) is 5.75 Å². The maximum Gasteiger partial charge on any atom is 0.416 e. The van der Waals surface area contributed by atoms with E-state index in [1.165, 1.54) is 36.4 Å². The number of aromatic nitrogens is 4. The Balaban J connectivity index is 1.49. The third-order valence-corrected chi connectivity index (χ3v) is 4.65. The van der Waals surface area contributed by atoms with Crippen LogP contribution < -0.4 is 4.74 Å². The SMILES string of the molecule is Cc1cc(-c2nc(-c3ccc(OC(C)(F)F)cc3)no2)nn1Cc1ccc(C(F)(F)F)cc1. The highest BCUT2D eigenvalue weighted by Crippen LogP contribution is 2.30. The van der Waals surface area contributed by atoms with Crippen LogP contribution in [0.4, 0.5) is 22.0 Å². The molecule has 11 heteroatoms. The number of benzene rings is 2. The van der Waals surface area contributed by atoms with Crippen molar-refractivity contribution < 1.29 is 31.2 Å². The Morgan fingerprint density at radius 3 is 2.24 bits per heavy atom. The maximum absolute atomic E-state index is 12.9. The van der Waals surface area contributed by atoms with Gasteiger partial charge in [0.05, 0.1) is 12.1 Å². The maximum atomic E-state index is 12.9. The first-order valence-electron chi connectivity index (χ1n) is 9.70. The molecule has 0 fully saturated rings.